The van der Waals surface area contributed by atoms with Crippen LogP contribution in [0.1, 0.15) is 24.2 Å². The third-order valence-electron chi connectivity index (χ3n) is 2.88. The zero-order valence-electron chi connectivity index (χ0n) is 12.4. The Hall–Kier alpha value is -1.86. The van der Waals surface area contributed by atoms with Gasteiger partial charge in [0.2, 0.25) is 10.0 Å². The lowest BCUT2D eigenvalue weighted by Gasteiger charge is -2.25. The molecule has 0 saturated carbocycles. The molecule has 7 heteroatoms. The van der Waals surface area contributed by atoms with Gasteiger partial charge in [0, 0.05) is 18.3 Å². The average Bonchev–Trinajstić information content (AvgIpc) is 2.43. The minimum atomic E-state index is -3.89. The largest absolute Gasteiger partial charge is 0.465 e. The van der Waals surface area contributed by atoms with Crippen molar-refractivity contribution in [3.05, 3.63) is 36.4 Å². The monoisotopic (exact) mass is 312 g/mol. The van der Waals surface area contributed by atoms with E-state index < -0.39 is 16.0 Å². The van der Waals surface area contributed by atoms with Crippen LogP contribution < -0.4 is 5.73 Å². The number of hydrogen-bond acceptors (Lipinski definition) is 5. The lowest BCUT2D eigenvalue weighted by Crippen LogP contribution is -2.37. The van der Waals surface area contributed by atoms with Crippen LogP contribution in [0.4, 0.5) is 5.69 Å². The summed E-state index contributed by atoms with van der Waals surface area (Å²) in [4.78, 5) is 11.6. The molecule has 116 valence electrons. The van der Waals surface area contributed by atoms with Crippen LogP contribution in [0.5, 0.6) is 0 Å². The summed E-state index contributed by atoms with van der Waals surface area (Å²) >= 11 is 0. The zero-order valence-corrected chi connectivity index (χ0v) is 13.2. The van der Waals surface area contributed by atoms with Gasteiger partial charge in [-0.25, -0.2) is 13.2 Å². The Bertz CT molecular complexity index is 638. The Morgan fingerprint density at radius 3 is 2.57 bits per heavy atom. The molecule has 6 nitrogen and oxygen atoms in total. The number of esters is 1. The fourth-order valence-corrected chi connectivity index (χ4v) is 3.69. The smallest absolute Gasteiger partial charge is 0.339 e. The summed E-state index contributed by atoms with van der Waals surface area (Å²) in [6.45, 7) is 7.18. The molecule has 0 aliphatic carbocycles. The standard InChI is InChI=1S/C14H20N2O4S/c1-5-8-16(10(2)3)21(18,19)13-9-11(15)6-7-12(13)14(17)20-4/h5-7,9-10H,1,8,15H2,2-4H3. The Morgan fingerprint density at radius 2 is 2.10 bits per heavy atom. The maximum Gasteiger partial charge on any atom is 0.339 e. The topological polar surface area (TPSA) is 89.7 Å². The molecule has 0 amide bonds. The molecule has 0 aliphatic heterocycles. The quantitative estimate of drug-likeness (QED) is 0.490. The minimum Gasteiger partial charge on any atom is -0.465 e. The highest BCUT2D eigenvalue weighted by molar-refractivity contribution is 7.89. The number of ether oxygens (including phenoxy) is 1. The summed E-state index contributed by atoms with van der Waals surface area (Å²) in [5.74, 6) is -0.726. The molecule has 0 aromatic heterocycles. The van der Waals surface area contributed by atoms with Crippen LogP contribution in [-0.2, 0) is 14.8 Å². The number of benzene rings is 1. The molecule has 0 radical (unpaired) electrons. The second kappa shape index (κ2) is 6.73. The number of rotatable bonds is 6. The van der Waals surface area contributed by atoms with Gasteiger partial charge in [-0.1, -0.05) is 6.08 Å². The van der Waals surface area contributed by atoms with E-state index in [9.17, 15) is 13.2 Å². The third-order valence-corrected chi connectivity index (χ3v) is 4.96. The van der Waals surface area contributed by atoms with Crippen LogP contribution >= 0.6 is 0 Å². The van der Waals surface area contributed by atoms with Crippen molar-refractivity contribution in [1.29, 1.82) is 0 Å². The molecule has 0 bridgehead atoms. The average molecular weight is 312 g/mol. The summed E-state index contributed by atoms with van der Waals surface area (Å²) < 4.78 is 31.4. The van der Waals surface area contributed by atoms with Gasteiger partial charge in [0.15, 0.2) is 0 Å². The second-order valence-electron chi connectivity index (χ2n) is 4.70. The Balaban J connectivity index is 3.52. The lowest BCUT2D eigenvalue weighted by molar-refractivity contribution is 0.0596. The number of hydrogen-bond donors (Lipinski definition) is 1. The number of nitrogens with zero attached hydrogens (tertiary/aromatic N) is 1. The van der Waals surface area contributed by atoms with E-state index in [1.54, 1.807) is 13.8 Å². The minimum absolute atomic E-state index is 0.0404. The first-order chi connectivity index (χ1) is 9.75. The third kappa shape index (κ3) is 3.62. The van der Waals surface area contributed by atoms with Gasteiger partial charge in [-0.15, -0.1) is 6.58 Å². The first-order valence-electron chi connectivity index (χ1n) is 6.36. The van der Waals surface area contributed by atoms with E-state index in [4.69, 9.17) is 5.73 Å². The zero-order chi connectivity index (χ0) is 16.2. The van der Waals surface area contributed by atoms with E-state index in [0.717, 1.165) is 0 Å². The van der Waals surface area contributed by atoms with Gasteiger partial charge < -0.3 is 10.5 Å². The van der Waals surface area contributed by atoms with Gasteiger partial charge in [0.25, 0.3) is 0 Å². The molecule has 0 saturated heterocycles. The predicted octanol–water partition coefficient (Wildman–Crippen LogP) is 1.64. The van der Waals surface area contributed by atoms with E-state index in [1.807, 2.05) is 0 Å². The van der Waals surface area contributed by atoms with Crippen molar-refractivity contribution in [2.75, 3.05) is 19.4 Å². The van der Waals surface area contributed by atoms with Crippen LogP contribution in [0.15, 0.2) is 35.7 Å². The SMILES string of the molecule is C=CCN(C(C)C)S(=O)(=O)c1cc(N)ccc1C(=O)OC. The van der Waals surface area contributed by atoms with Crippen LogP contribution in [0.3, 0.4) is 0 Å². The summed E-state index contributed by atoms with van der Waals surface area (Å²) in [6.07, 6.45) is 1.49. The first-order valence-corrected chi connectivity index (χ1v) is 7.80. The Kier molecular flexibility index (Phi) is 5.51. The molecule has 0 heterocycles. The number of nitrogens with two attached hydrogens (primary N) is 1. The van der Waals surface area contributed by atoms with E-state index in [-0.39, 0.29) is 28.7 Å². The fraction of sp³-hybridized carbons (Fsp3) is 0.357. The summed E-state index contributed by atoms with van der Waals surface area (Å²) in [7, 11) is -2.70. The molecule has 1 rings (SSSR count). The van der Waals surface area contributed by atoms with E-state index in [2.05, 4.69) is 11.3 Å². The Labute approximate surface area is 125 Å². The van der Waals surface area contributed by atoms with Gasteiger partial charge in [0.05, 0.1) is 17.6 Å². The van der Waals surface area contributed by atoms with E-state index in [1.165, 1.54) is 35.7 Å². The van der Waals surface area contributed by atoms with Crippen molar-refractivity contribution in [2.24, 2.45) is 0 Å². The molecule has 2 N–H and O–H groups in total. The van der Waals surface area contributed by atoms with Crippen molar-refractivity contribution >= 4 is 21.7 Å². The van der Waals surface area contributed by atoms with Crippen LogP contribution in [0.2, 0.25) is 0 Å². The molecule has 21 heavy (non-hydrogen) atoms. The summed E-state index contributed by atoms with van der Waals surface area (Å²) in [5, 5.41) is 0. The van der Waals surface area contributed by atoms with Crippen LogP contribution in [0, 0.1) is 0 Å². The lowest BCUT2D eigenvalue weighted by atomic mass is 10.2. The number of sulfonamides is 1. The van der Waals surface area contributed by atoms with Crippen LogP contribution in [-0.4, -0.2) is 38.4 Å². The van der Waals surface area contributed by atoms with Gasteiger partial charge in [0.1, 0.15) is 0 Å². The van der Waals surface area contributed by atoms with E-state index in [0.29, 0.717) is 0 Å². The highest BCUT2D eigenvalue weighted by Gasteiger charge is 2.30. The molecular formula is C14H20N2O4S. The number of methoxy groups -OCH3 is 1. The number of carbonyl (C=O) groups is 1. The molecule has 0 aliphatic rings. The van der Waals surface area contributed by atoms with Gasteiger partial charge in [-0.2, -0.15) is 4.31 Å². The maximum absolute atomic E-state index is 12.8. The fourth-order valence-electron chi connectivity index (χ4n) is 1.87. The molecule has 0 fully saturated rings. The predicted molar refractivity (Wildman–Crippen MR) is 81.4 cm³/mol. The number of anilines is 1. The Morgan fingerprint density at radius 1 is 1.48 bits per heavy atom. The normalized spacial score (nSPS) is 11.7. The number of carbonyl (C=O) groups excluding carboxylic acids is 1. The van der Waals surface area contributed by atoms with Crippen molar-refractivity contribution in [2.45, 2.75) is 24.8 Å². The van der Waals surface area contributed by atoms with Gasteiger partial charge in [-0.3, -0.25) is 0 Å². The summed E-state index contributed by atoms with van der Waals surface area (Å²) in [6, 6.07) is 3.78. The van der Waals surface area contributed by atoms with E-state index >= 15 is 0 Å². The van der Waals surface area contributed by atoms with Gasteiger partial charge >= 0.3 is 5.97 Å². The van der Waals surface area contributed by atoms with Crippen molar-refractivity contribution in [3.63, 3.8) is 0 Å². The van der Waals surface area contributed by atoms with Crippen molar-refractivity contribution < 1.29 is 17.9 Å². The second-order valence-corrected chi connectivity index (χ2v) is 6.56. The molecular weight excluding hydrogens is 292 g/mol. The highest BCUT2D eigenvalue weighted by Crippen LogP contribution is 2.25. The molecule has 0 spiro atoms. The van der Waals surface area contributed by atoms with Crippen molar-refractivity contribution in [3.8, 4) is 0 Å². The number of nitrogen functional groups attached to an aromatic ring is 1. The maximum atomic E-state index is 12.8. The molecule has 1 aromatic carbocycles. The molecule has 1 aromatic rings. The summed E-state index contributed by atoms with van der Waals surface area (Å²) in [5.41, 5.74) is 5.87. The first kappa shape index (κ1) is 17.2. The van der Waals surface area contributed by atoms with Crippen LogP contribution in [0.25, 0.3) is 0 Å². The van der Waals surface area contributed by atoms with Gasteiger partial charge in [-0.05, 0) is 32.0 Å². The molecule has 0 atom stereocenters. The van der Waals surface area contributed by atoms with Crippen molar-refractivity contribution in [1.82, 2.24) is 4.31 Å². The highest BCUT2D eigenvalue weighted by atomic mass is 32.2. The molecule has 0 unspecified atom stereocenters.